The summed E-state index contributed by atoms with van der Waals surface area (Å²) in [6.45, 7) is 1.90. The Labute approximate surface area is 133 Å². The van der Waals surface area contributed by atoms with Crippen LogP contribution in [0.4, 0.5) is 5.82 Å². The number of nitrogens with one attached hydrogen (secondary N) is 2. The molecular weight excluding hydrogens is 290 g/mol. The van der Waals surface area contributed by atoms with E-state index in [9.17, 15) is 4.79 Å². The van der Waals surface area contributed by atoms with Gasteiger partial charge in [0.25, 0.3) is 11.6 Å². The molecule has 0 aliphatic rings. The van der Waals surface area contributed by atoms with E-state index in [4.69, 9.17) is 5.26 Å². The molecule has 0 saturated heterocycles. The number of rotatable bonds is 3. The van der Waals surface area contributed by atoms with Crippen LogP contribution in [0, 0.1) is 18.3 Å². The number of anilines is 1. The highest BCUT2D eigenvalue weighted by Crippen LogP contribution is 2.10. The SMILES string of the molecule is Cc1cc(NC(=O)c2ccc(C#N)cc2)[n+](-c2ccccn2)[nH]1. The molecule has 0 aliphatic heterocycles. The second-order valence-electron chi connectivity index (χ2n) is 4.99. The number of pyridine rings is 1. The Hall–Kier alpha value is -3.46. The maximum absolute atomic E-state index is 12.4. The van der Waals surface area contributed by atoms with Crippen LogP contribution in [0.5, 0.6) is 0 Å². The van der Waals surface area contributed by atoms with E-state index in [1.807, 2.05) is 37.3 Å². The van der Waals surface area contributed by atoms with Gasteiger partial charge in [-0.05, 0) is 37.3 Å². The van der Waals surface area contributed by atoms with Crippen molar-refractivity contribution in [1.82, 2.24) is 10.1 Å². The summed E-state index contributed by atoms with van der Waals surface area (Å²) < 4.78 is 1.71. The number of carbonyl (C=O) groups is 1. The predicted octanol–water partition coefficient (Wildman–Crippen LogP) is 2.12. The first-order valence-electron chi connectivity index (χ1n) is 7.02. The van der Waals surface area contributed by atoms with Crippen molar-refractivity contribution in [3.63, 3.8) is 0 Å². The summed E-state index contributed by atoms with van der Waals surface area (Å²) in [7, 11) is 0. The van der Waals surface area contributed by atoms with Gasteiger partial charge in [-0.1, -0.05) is 6.07 Å². The van der Waals surface area contributed by atoms with Gasteiger partial charge in [0.05, 0.1) is 17.2 Å². The van der Waals surface area contributed by atoms with Crippen LogP contribution in [-0.2, 0) is 0 Å². The normalized spacial score (nSPS) is 10.1. The fraction of sp³-hybridized carbons (Fsp3) is 0.0588. The van der Waals surface area contributed by atoms with Crippen molar-refractivity contribution in [2.45, 2.75) is 6.92 Å². The first-order valence-corrected chi connectivity index (χ1v) is 7.02. The van der Waals surface area contributed by atoms with Gasteiger partial charge in [0.1, 0.15) is 6.20 Å². The van der Waals surface area contributed by atoms with E-state index >= 15 is 0 Å². The summed E-state index contributed by atoms with van der Waals surface area (Å²) in [6.07, 6.45) is 1.69. The highest BCUT2D eigenvalue weighted by molar-refractivity contribution is 6.03. The molecule has 3 aromatic rings. The number of benzene rings is 1. The number of nitrogens with zero attached hydrogens (tertiary/aromatic N) is 3. The van der Waals surface area contributed by atoms with E-state index in [0.29, 0.717) is 22.8 Å². The van der Waals surface area contributed by atoms with Gasteiger partial charge in [-0.3, -0.25) is 4.79 Å². The Morgan fingerprint density at radius 3 is 2.70 bits per heavy atom. The van der Waals surface area contributed by atoms with Crippen molar-refractivity contribution in [2.75, 3.05) is 5.32 Å². The largest absolute Gasteiger partial charge is 0.311 e. The maximum Gasteiger partial charge on any atom is 0.311 e. The minimum atomic E-state index is -0.252. The molecule has 2 heterocycles. The first-order chi connectivity index (χ1) is 11.2. The van der Waals surface area contributed by atoms with Gasteiger partial charge < -0.3 is 0 Å². The molecule has 6 heteroatoms. The first kappa shape index (κ1) is 14.5. The Morgan fingerprint density at radius 2 is 2.04 bits per heavy atom. The van der Waals surface area contributed by atoms with Crippen LogP contribution in [0.3, 0.4) is 0 Å². The number of amides is 1. The van der Waals surface area contributed by atoms with Crippen LogP contribution in [-0.4, -0.2) is 16.0 Å². The van der Waals surface area contributed by atoms with E-state index in [2.05, 4.69) is 15.4 Å². The van der Waals surface area contributed by atoms with E-state index in [1.165, 1.54) is 0 Å². The number of nitriles is 1. The number of carbonyl (C=O) groups excluding carboxylic acids is 1. The average Bonchev–Trinajstić information content (AvgIpc) is 2.96. The van der Waals surface area contributed by atoms with Crippen LogP contribution < -0.4 is 10.00 Å². The van der Waals surface area contributed by atoms with Gasteiger partial charge >= 0.3 is 5.91 Å². The summed E-state index contributed by atoms with van der Waals surface area (Å²) in [5.74, 6) is 1.02. The van der Waals surface area contributed by atoms with Crippen molar-refractivity contribution >= 4 is 11.7 Å². The molecule has 0 aliphatic carbocycles. The van der Waals surface area contributed by atoms with Crippen LogP contribution >= 0.6 is 0 Å². The fourth-order valence-electron chi connectivity index (χ4n) is 2.18. The van der Waals surface area contributed by atoms with Crippen molar-refractivity contribution in [2.24, 2.45) is 0 Å². The lowest BCUT2D eigenvalue weighted by molar-refractivity contribution is -0.645. The zero-order valence-corrected chi connectivity index (χ0v) is 12.4. The number of hydrogen-bond donors (Lipinski definition) is 2. The topological polar surface area (TPSA) is 85.4 Å². The number of aromatic nitrogens is 3. The van der Waals surface area contributed by atoms with Gasteiger partial charge in [0, 0.05) is 17.8 Å². The molecule has 0 fully saturated rings. The highest BCUT2D eigenvalue weighted by Gasteiger charge is 2.18. The Bertz CT molecular complexity index is 876. The van der Waals surface area contributed by atoms with Crippen molar-refractivity contribution < 1.29 is 9.48 Å². The van der Waals surface area contributed by atoms with Crippen LogP contribution in [0.15, 0.2) is 54.7 Å². The molecule has 2 N–H and O–H groups in total. The third-order valence-electron chi connectivity index (χ3n) is 3.28. The number of H-pyrrole nitrogens is 1. The lowest BCUT2D eigenvalue weighted by atomic mass is 10.1. The Balaban J connectivity index is 1.88. The Kier molecular flexibility index (Phi) is 3.85. The van der Waals surface area contributed by atoms with Gasteiger partial charge in [-0.2, -0.15) is 5.26 Å². The monoisotopic (exact) mass is 304 g/mol. The van der Waals surface area contributed by atoms with Crippen LogP contribution in [0.25, 0.3) is 5.82 Å². The predicted molar refractivity (Wildman–Crippen MR) is 84.0 cm³/mol. The standard InChI is InChI=1S/C17H13N5O/c1-12-10-16(22(21-12)15-4-2-3-9-19-15)20-17(23)14-7-5-13(11-18)6-8-14/h2-10H,1H3,(H,20,21,23)/p+1. The van der Waals surface area contributed by atoms with Gasteiger partial charge in [-0.15, -0.1) is 9.67 Å². The molecule has 0 saturated carbocycles. The molecule has 0 spiro atoms. The third kappa shape index (κ3) is 3.09. The molecular formula is C17H14N5O+. The molecule has 1 aromatic carbocycles. The lowest BCUT2D eigenvalue weighted by Crippen LogP contribution is -2.37. The minimum Gasteiger partial charge on any atom is -0.251 e. The zero-order valence-electron chi connectivity index (χ0n) is 12.4. The second kappa shape index (κ2) is 6.12. The highest BCUT2D eigenvalue weighted by atomic mass is 16.1. The van der Waals surface area contributed by atoms with E-state index in [-0.39, 0.29) is 5.91 Å². The second-order valence-corrected chi connectivity index (χ2v) is 4.99. The molecule has 0 bridgehead atoms. The molecule has 3 rings (SSSR count). The quantitative estimate of drug-likeness (QED) is 0.727. The molecule has 2 aromatic heterocycles. The Morgan fingerprint density at radius 1 is 1.26 bits per heavy atom. The molecule has 0 atom stereocenters. The lowest BCUT2D eigenvalue weighted by Gasteiger charge is -2.02. The molecule has 1 amide bonds. The molecule has 23 heavy (non-hydrogen) atoms. The van der Waals surface area contributed by atoms with Crippen LogP contribution in [0.2, 0.25) is 0 Å². The van der Waals surface area contributed by atoms with Crippen molar-refractivity contribution in [3.8, 4) is 11.9 Å². The summed E-state index contributed by atoms with van der Waals surface area (Å²) in [5.41, 5.74) is 1.89. The van der Waals surface area contributed by atoms with Gasteiger partial charge in [0.15, 0.2) is 0 Å². The maximum atomic E-state index is 12.4. The smallest absolute Gasteiger partial charge is 0.251 e. The third-order valence-corrected chi connectivity index (χ3v) is 3.28. The molecule has 0 radical (unpaired) electrons. The number of hydrogen-bond acceptors (Lipinski definition) is 3. The van der Waals surface area contributed by atoms with Gasteiger partial charge in [-0.25, -0.2) is 10.4 Å². The van der Waals surface area contributed by atoms with Crippen molar-refractivity contribution in [3.05, 3.63) is 71.5 Å². The summed E-state index contributed by atoms with van der Waals surface area (Å²) in [5, 5.41) is 14.8. The minimum absolute atomic E-state index is 0.252. The molecule has 112 valence electrons. The van der Waals surface area contributed by atoms with E-state index < -0.39 is 0 Å². The summed E-state index contributed by atoms with van der Waals surface area (Å²) in [6, 6.07) is 15.9. The van der Waals surface area contributed by atoms with Crippen molar-refractivity contribution in [1.29, 1.82) is 5.26 Å². The number of aryl methyl sites for hydroxylation is 1. The molecule has 0 unspecified atom stereocenters. The van der Waals surface area contributed by atoms with Crippen LogP contribution in [0.1, 0.15) is 21.6 Å². The fourth-order valence-corrected chi connectivity index (χ4v) is 2.18. The summed E-state index contributed by atoms with van der Waals surface area (Å²) in [4.78, 5) is 16.6. The van der Waals surface area contributed by atoms with E-state index in [1.54, 1.807) is 35.1 Å². The van der Waals surface area contributed by atoms with E-state index in [0.717, 1.165) is 5.69 Å². The van der Waals surface area contributed by atoms with Gasteiger partial charge in [0.2, 0.25) is 0 Å². The number of aromatic amines is 1. The molecule has 6 nitrogen and oxygen atoms in total. The average molecular weight is 304 g/mol. The summed E-state index contributed by atoms with van der Waals surface area (Å²) >= 11 is 0. The zero-order chi connectivity index (χ0) is 16.2.